The summed E-state index contributed by atoms with van der Waals surface area (Å²) in [6.07, 6.45) is 0. The third kappa shape index (κ3) is 3.96. The smallest absolute Gasteiger partial charge is 0.305 e. The molecule has 0 saturated carbocycles. The van der Waals surface area contributed by atoms with Crippen molar-refractivity contribution in [3.8, 4) is 0 Å². The first-order valence-corrected chi connectivity index (χ1v) is 12.2. The Labute approximate surface area is 194 Å². The average molecular weight is 610 g/mol. The molecular weight excluding hydrogens is 589 g/mol. The summed E-state index contributed by atoms with van der Waals surface area (Å²) in [5.74, 6) is -0.0381. The monoisotopic (exact) mass is 610 g/mol. The molecule has 2 aromatic carbocycles. The molecule has 0 spiro atoms. The van der Waals surface area contributed by atoms with Gasteiger partial charge in [0.15, 0.2) is 0 Å². The SMILES string of the molecule is Cc1ccc2c(c1)c(N1CCN(C(=O)c3cc[c]([Tl])cc3)CC1)c([N+](=O)[O-])c(=O)n2C. The topological polar surface area (TPSA) is 88.7 Å². The van der Waals surface area contributed by atoms with Gasteiger partial charge in [-0.25, -0.2) is 0 Å². The normalized spacial score (nSPS) is 14.1. The van der Waals surface area contributed by atoms with Crippen LogP contribution in [0.15, 0.2) is 47.3 Å². The Morgan fingerprint density at radius 1 is 1.06 bits per heavy atom. The van der Waals surface area contributed by atoms with Crippen molar-refractivity contribution in [3.63, 3.8) is 0 Å². The maximum atomic E-state index is 12.8. The van der Waals surface area contributed by atoms with Crippen molar-refractivity contribution in [1.29, 1.82) is 0 Å². The molecule has 1 aliphatic heterocycles. The number of hydrogen-bond acceptors (Lipinski definition) is 5. The molecule has 1 aromatic heterocycles. The fourth-order valence-corrected chi connectivity index (χ4v) is 4.80. The molecule has 0 bridgehead atoms. The van der Waals surface area contributed by atoms with Gasteiger partial charge in [-0.1, -0.05) is 11.6 Å². The molecule has 3 aromatic rings. The van der Waals surface area contributed by atoms with E-state index in [4.69, 9.17) is 0 Å². The van der Waals surface area contributed by atoms with Gasteiger partial charge in [-0.3, -0.25) is 14.9 Å². The Morgan fingerprint density at radius 2 is 1.71 bits per heavy atom. The van der Waals surface area contributed by atoms with E-state index in [1.54, 1.807) is 11.9 Å². The van der Waals surface area contributed by atoms with Gasteiger partial charge in [0.25, 0.3) is 0 Å². The third-order valence-corrected chi connectivity index (χ3v) is 7.22. The van der Waals surface area contributed by atoms with Gasteiger partial charge in [-0.15, -0.1) is 0 Å². The van der Waals surface area contributed by atoms with Crippen LogP contribution >= 0.6 is 0 Å². The van der Waals surface area contributed by atoms with Crippen LogP contribution in [0, 0.1) is 17.0 Å². The molecule has 31 heavy (non-hydrogen) atoms. The van der Waals surface area contributed by atoms with E-state index in [0.717, 1.165) is 31.3 Å². The van der Waals surface area contributed by atoms with E-state index < -0.39 is 16.2 Å². The molecule has 0 aliphatic carbocycles. The molecule has 1 fully saturated rings. The summed E-state index contributed by atoms with van der Waals surface area (Å²) in [5.41, 5.74) is 1.57. The number of amides is 1. The Hall–Kier alpha value is -2.76. The van der Waals surface area contributed by atoms with Crippen LogP contribution in [-0.2, 0) is 7.05 Å². The van der Waals surface area contributed by atoms with Crippen LogP contribution in [0.4, 0.5) is 11.4 Å². The van der Waals surface area contributed by atoms with Crippen molar-refractivity contribution in [2.75, 3.05) is 31.1 Å². The molecule has 2 heterocycles. The van der Waals surface area contributed by atoms with Crippen molar-refractivity contribution in [3.05, 3.63) is 74.1 Å². The summed E-state index contributed by atoms with van der Waals surface area (Å²) in [6, 6.07) is 13.2. The zero-order valence-corrected chi connectivity index (χ0v) is 21.9. The predicted molar refractivity (Wildman–Crippen MR) is 121 cm³/mol. The molecule has 9 heteroatoms. The van der Waals surface area contributed by atoms with E-state index in [0.29, 0.717) is 48.3 Å². The van der Waals surface area contributed by atoms with Crippen LogP contribution in [0.25, 0.3) is 10.9 Å². The van der Waals surface area contributed by atoms with E-state index in [1.165, 1.54) is 7.69 Å². The number of nitro groups is 1. The van der Waals surface area contributed by atoms with Crippen LogP contribution in [0.5, 0.6) is 0 Å². The van der Waals surface area contributed by atoms with Crippen LogP contribution < -0.4 is 13.6 Å². The van der Waals surface area contributed by atoms with Gasteiger partial charge < -0.3 is 4.57 Å². The van der Waals surface area contributed by atoms with Crippen molar-refractivity contribution in [2.45, 2.75) is 6.92 Å². The van der Waals surface area contributed by atoms with Crippen LogP contribution in [0.2, 0.25) is 0 Å². The first-order valence-electron chi connectivity index (χ1n) is 9.95. The fraction of sp³-hybridized carbons (Fsp3) is 0.273. The molecule has 156 valence electrons. The van der Waals surface area contributed by atoms with Gasteiger partial charge in [-0.05, 0) is 13.0 Å². The van der Waals surface area contributed by atoms with Crippen LogP contribution in [-0.4, -0.2) is 72.2 Å². The summed E-state index contributed by atoms with van der Waals surface area (Å²) in [6.45, 7) is 3.62. The Morgan fingerprint density at radius 3 is 2.32 bits per heavy atom. The van der Waals surface area contributed by atoms with Crippen molar-refractivity contribution >= 4 is 57.1 Å². The molecule has 1 aliphatic rings. The summed E-state index contributed by atoms with van der Waals surface area (Å²) < 4.78 is 2.58. The molecule has 1 amide bonds. The minimum atomic E-state index is -0.626. The fourth-order valence-electron chi connectivity index (χ4n) is 4.06. The standard InChI is InChI=1S/C22H21N4O4.Tl/c1-15-8-9-18-17(14-15)19(20(26(29)30)22(28)23(18)2)24-10-12-25(13-11-24)21(27)16-6-4-3-5-7-16;/h4-9,14H,10-13H2,1-2H3;. The molecule has 1 saturated heterocycles. The molecule has 0 atom stereocenters. The molecule has 4 rings (SSSR count). The number of aromatic nitrogens is 1. The number of hydrogen-bond donors (Lipinski definition) is 0. The van der Waals surface area contributed by atoms with Crippen molar-refractivity contribution in [2.24, 2.45) is 7.05 Å². The van der Waals surface area contributed by atoms with Gasteiger partial charge in [0, 0.05) is 7.05 Å². The van der Waals surface area contributed by atoms with E-state index in [2.05, 4.69) is 0 Å². The zero-order valence-electron chi connectivity index (χ0n) is 17.4. The van der Waals surface area contributed by atoms with Crippen LogP contribution in [0.1, 0.15) is 15.9 Å². The number of aryl methyl sites for hydroxylation is 2. The summed E-state index contributed by atoms with van der Waals surface area (Å²) >= 11 is 0.727. The first-order chi connectivity index (χ1) is 14.8. The average Bonchev–Trinajstić information content (AvgIpc) is 2.76. The maximum absolute atomic E-state index is 12.8. The van der Waals surface area contributed by atoms with Gasteiger partial charge in [0.1, 0.15) is 0 Å². The number of benzene rings is 2. The molecule has 0 N–H and O–H groups in total. The van der Waals surface area contributed by atoms with Gasteiger partial charge >= 0.3 is 144 Å². The molecule has 8 nitrogen and oxygen atoms in total. The predicted octanol–water partition coefficient (Wildman–Crippen LogP) is 1.51. The quantitative estimate of drug-likeness (QED) is 0.255. The number of pyridine rings is 1. The van der Waals surface area contributed by atoms with Gasteiger partial charge in [0.05, 0.1) is 0 Å². The second-order valence-corrected chi connectivity index (χ2v) is 10.3. The first kappa shape index (κ1) is 21.5. The summed E-state index contributed by atoms with van der Waals surface area (Å²) in [4.78, 5) is 40.5. The number of rotatable bonds is 3. The van der Waals surface area contributed by atoms with Crippen LogP contribution in [0.3, 0.4) is 0 Å². The minimum Gasteiger partial charge on any atom is -0.305 e. The number of carbonyl (C=O) groups excluding carboxylic acids is 1. The van der Waals surface area contributed by atoms with Gasteiger partial charge in [-0.2, -0.15) is 0 Å². The second kappa shape index (κ2) is 8.41. The number of fused-ring (bicyclic) bond motifs is 1. The van der Waals surface area contributed by atoms with E-state index in [9.17, 15) is 19.7 Å². The molecule has 0 unspecified atom stereocenters. The number of carbonyl (C=O) groups is 1. The van der Waals surface area contributed by atoms with E-state index in [-0.39, 0.29) is 5.91 Å². The second-order valence-electron chi connectivity index (χ2n) is 7.74. The summed E-state index contributed by atoms with van der Waals surface area (Å²) in [5, 5.41) is 12.5. The zero-order chi connectivity index (χ0) is 22.3. The third-order valence-electron chi connectivity index (χ3n) is 5.72. The molecule has 0 radical (unpaired) electrons. The number of nitrogens with zero attached hydrogens (tertiary/aromatic N) is 4. The van der Waals surface area contributed by atoms with Crippen molar-refractivity contribution < 1.29 is 9.72 Å². The van der Waals surface area contributed by atoms with E-state index in [1.807, 2.05) is 54.3 Å². The Bertz CT molecular complexity index is 1250. The Balaban J connectivity index is 1.69. The Kier molecular flexibility index (Phi) is 5.82. The number of anilines is 1. The minimum absolute atomic E-state index is 0.0381. The number of piperazine rings is 1. The summed E-state index contributed by atoms with van der Waals surface area (Å²) in [7, 11) is 1.55. The van der Waals surface area contributed by atoms with E-state index >= 15 is 0 Å². The van der Waals surface area contributed by atoms with Crippen molar-refractivity contribution in [1.82, 2.24) is 9.47 Å². The van der Waals surface area contributed by atoms with Gasteiger partial charge in [0.2, 0.25) is 0 Å². The molecular formula is C22H21N4O4Tl.